The van der Waals surface area contributed by atoms with Crippen LogP contribution in [0.15, 0.2) is 24.3 Å². The molecular formula is C14H21F2NO2. The molecule has 1 rings (SSSR count). The van der Waals surface area contributed by atoms with Gasteiger partial charge in [-0.3, -0.25) is 0 Å². The molecule has 1 atom stereocenters. The van der Waals surface area contributed by atoms with Crippen molar-refractivity contribution in [1.82, 2.24) is 5.32 Å². The number of likely N-dealkylation sites (N-methyl/N-ethyl adjacent to an activating group) is 1. The van der Waals surface area contributed by atoms with Crippen molar-refractivity contribution in [3.63, 3.8) is 0 Å². The predicted octanol–water partition coefficient (Wildman–Crippen LogP) is 3.37. The summed E-state index contributed by atoms with van der Waals surface area (Å²) < 4.78 is 34.8. The first kappa shape index (κ1) is 15.9. The number of hydrogen-bond donors (Lipinski definition) is 1. The molecule has 1 aromatic carbocycles. The second kappa shape index (κ2) is 8.82. The van der Waals surface area contributed by atoms with E-state index in [1.807, 2.05) is 13.8 Å². The number of rotatable bonds is 9. The minimum Gasteiger partial charge on any atom is -0.434 e. The molecule has 0 aliphatic heterocycles. The molecular weight excluding hydrogens is 252 g/mol. The first-order valence-electron chi connectivity index (χ1n) is 6.53. The number of ether oxygens (including phenoxy) is 2. The van der Waals surface area contributed by atoms with Crippen LogP contribution in [0.3, 0.4) is 0 Å². The summed E-state index contributed by atoms with van der Waals surface area (Å²) in [5, 5.41) is 3.22. The summed E-state index contributed by atoms with van der Waals surface area (Å²) in [6.45, 7) is 2.98. The Morgan fingerprint density at radius 2 is 1.95 bits per heavy atom. The normalized spacial score (nSPS) is 12.7. The van der Waals surface area contributed by atoms with Crippen molar-refractivity contribution in [3.05, 3.63) is 29.8 Å². The molecule has 0 heterocycles. The Hall–Kier alpha value is -1.20. The van der Waals surface area contributed by atoms with E-state index in [1.165, 1.54) is 0 Å². The van der Waals surface area contributed by atoms with Crippen LogP contribution in [0.4, 0.5) is 8.78 Å². The van der Waals surface area contributed by atoms with Gasteiger partial charge in [0, 0.05) is 12.2 Å². The molecule has 0 saturated heterocycles. The SMILES string of the molecule is CCCOCC(NCC)c1ccccc1OC(F)F. The van der Waals surface area contributed by atoms with Crippen LogP contribution in [0.1, 0.15) is 31.9 Å². The molecule has 0 saturated carbocycles. The van der Waals surface area contributed by atoms with Gasteiger partial charge in [-0.15, -0.1) is 0 Å². The fourth-order valence-corrected chi connectivity index (χ4v) is 1.82. The molecule has 19 heavy (non-hydrogen) atoms. The van der Waals surface area contributed by atoms with Gasteiger partial charge in [-0.25, -0.2) is 0 Å². The Morgan fingerprint density at radius 3 is 2.58 bits per heavy atom. The third-order valence-electron chi connectivity index (χ3n) is 2.59. The van der Waals surface area contributed by atoms with Crippen LogP contribution in [0.25, 0.3) is 0 Å². The molecule has 0 aliphatic rings. The van der Waals surface area contributed by atoms with Gasteiger partial charge in [-0.05, 0) is 19.0 Å². The molecule has 108 valence electrons. The standard InChI is InChI=1S/C14H21F2NO2/c1-3-9-18-10-12(17-4-2)11-7-5-6-8-13(11)19-14(15)16/h5-8,12,14,17H,3-4,9-10H2,1-2H3. The van der Waals surface area contributed by atoms with Gasteiger partial charge in [0.15, 0.2) is 0 Å². The molecule has 0 bridgehead atoms. The fourth-order valence-electron chi connectivity index (χ4n) is 1.82. The van der Waals surface area contributed by atoms with Crippen LogP contribution < -0.4 is 10.1 Å². The van der Waals surface area contributed by atoms with E-state index in [-0.39, 0.29) is 11.8 Å². The van der Waals surface area contributed by atoms with Crippen molar-refractivity contribution in [2.24, 2.45) is 0 Å². The van der Waals surface area contributed by atoms with Crippen molar-refractivity contribution < 1.29 is 18.3 Å². The third-order valence-corrected chi connectivity index (χ3v) is 2.59. The first-order valence-corrected chi connectivity index (χ1v) is 6.53. The zero-order chi connectivity index (χ0) is 14.1. The average molecular weight is 273 g/mol. The van der Waals surface area contributed by atoms with Gasteiger partial charge in [-0.2, -0.15) is 8.78 Å². The molecule has 0 radical (unpaired) electrons. The molecule has 1 aromatic rings. The summed E-state index contributed by atoms with van der Waals surface area (Å²) in [5.41, 5.74) is 0.695. The lowest BCUT2D eigenvalue weighted by atomic mass is 10.1. The second-order valence-electron chi connectivity index (χ2n) is 4.10. The highest BCUT2D eigenvalue weighted by molar-refractivity contribution is 5.36. The molecule has 0 amide bonds. The number of alkyl halides is 2. The molecule has 1 N–H and O–H groups in total. The highest BCUT2D eigenvalue weighted by Gasteiger charge is 2.17. The van der Waals surface area contributed by atoms with E-state index in [4.69, 9.17) is 4.74 Å². The van der Waals surface area contributed by atoms with Crippen molar-refractivity contribution in [2.75, 3.05) is 19.8 Å². The van der Waals surface area contributed by atoms with Gasteiger partial charge in [0.1, 0.15) is 5.75 Å². The second-order valence-corrected chi connectivity index (χ2v) is 4.10. The summed E-state index contributed by atoms with van der Waals surface area (Å²) in [6, 6.07) is 6.66. The molecule has 0 fully saturated rings. The zero-order valence-electron chi connectivity index (χ0n) is 11.4. The van der Waals surface area contributed by atoms with Crippen LogP contribution in [0.2, 0.25) is 0 Å². The molecule has 0 aliphatic carbocycles. The Bertz CT molecular complexity index is 361. The minimum atomic E-state index is -2.82. The van der Waals surface area contributed by atoms with Crippen molar-refractivity contribution in [2.45, 2.75) is 32.9 Å². The lowest BCUT2D eigenvalue weighted by molar-refractivity contribution is -0.0510. The number of hydrogen-bond acceptors (Lipinski definition) is 3. The fraction of sp³-hybridized carbons (Fsp3) is 0.571. The van der Waals surface area contributed by atoms with Gasteiger partial charge in [0.05, 0.1) is 12.6 Å². The minimum absolute atomic E-state index is 0.147. The number of para-hydroxylation sites is 1. The maximum absolute atomic E-state index is 12.4. The summed E-state index contributed by atoms with van der Waals surface area (Å²) in [7, 11) is 0. The van der Waals surface area contributed by atoms with Gasteiger partial charge >= 0.3 is 6.61 Å². The zero-order valence-corrected chi connectivity index (χ0v) is 11.4. The van der Waals surface area contributed by atoms with E-state index in [0.29, 0.717) is 18.8 Å². The van der Waals surface area contributed by atoms with Crippen molar-refractivity contribution in [3.8, 4) is 5.75 Å². The Labute approximate surface area is 112 Å². The average Bonchev–Trinajstić information content (AvgIpc) is 2.38. The number of benzene rings is 1. The van der Waals surface area contributed by atoms with E-state index in [2.05, 4.69) is 10.1 Å². The first-order chi connectivity index (χ1) is 9.19. The van der Waals surface area contributed by atoms with E-state index in [1.54, 1.807) is 24.3 Å². The molecule has 1 unspecified atom stereocenters. The van der Waals surface area contributed by atoms with E-state index in [9.17, 15) is 8.78 Å². The van der Waals surface area contributed by atoms with E-state index >= 15 is 0 Å². The quantitative estimate of drug-likeness (QED) is 0.700. The predicted molar refractivity (Wildman–Crippen MR) is 70.6 cm³/mol. The summed E-state index contributed by atoms with van der Waals surface area (Å²) in [4.78, 5) is 0. The monoisotopic (exact) mass is 273 g/mol. The largest absolute Gasteiger partial charge is 0.434 e. The lowest BCUT2D eigenvalue weighted by Gasteiger charge is -2.21. The van der Waals surface area contributed by atoms with E-state index < -0.39 is 6.61 Å². The van der Waals surface area contributed by atoms with Crippen molar-refractivity contribution >= 4 is 0 Å². The summed E-state index contributed by atoms with van der Waals surface area (Å²) >= 11 is 0. The Morgan fingerprint density at radius 1 is 1.21 bits per heavy atom. The van der Waals surface area contributed by atoms with Gasteiger partial charge < -0.3 is 14.8 Å². The smallest absolute Gasteiger partial charge is 0.387 e. The maximum Gasteiger partial charge on any atom is 0.387 e. The highest BCUT2D eigenvalue weighted by atomic mass is 19.3. The van der Waals surface area contributed by atoms with Crippen LogP contribution in [0.5, 0.6) is 5.75 Å². The topological polar surface area (TPSA) is 30.5 Å². The highest BCUT2D eigenvalue weighted by Crippen LogP contribution is 2.26. The molecule has 3 nitrogen and oxygen atoms in total. The Balaban J connectivity index is 2.81. The maximum atomic E-state index is 12.4. The summed E-state index contributed by atoms with van der Waals surface area (Å²) in [6.07, 6.45) is 0.925. The van der Waals surface area contributed by atoms with Crippen molar-refractivity contribution in [1.29, 1.82) is 0 Å². The number of halogens is 2. The van der Waals surface area contributed by atoms with Gasteiger partial charge in [0.25, 0.3) is 0 Å². The van der Waals surface area contributed by atoms with Gasteiger partial charge in [-0.1, -0.05) is 32.0 Å². The molecule has 0 spiro atoms. The number of nitrogens with one attached hydrogen (secondary N) is 1. The molecule has 5 heteroatoms. The van der Waals surface area contributed by atoms with Gasteiger partial charge in [0.2, 0.25) is 0 Å². The van der Waals surface area contributed by atoms with Crippen LogP contribution in [0, 0.1) is 0 Å². The third kappa shape index (κ3) is 5.53. The Kier molecular flexibility index (Phi) is 7.36. The van der Waals surface area contributed by atoms with E-state index in [0.717, 1.165) is 13.0 Å². The van der Waals surface area contributed by atoms with Crippen LogP contribution in [-0.2, 0) is 4.74 Å². The summed E-state index contributed by atoms with van der Waals surface area (Å²) in [5.74, 6) is 0.198. The van der Waals surface area contributed by atoms with Crippen LogP contribution in [-0.4, -0.2) is 26.4 Å². The molecule has 0 aromatic heterocycles. The lowest BCUT2D eigenvalue weighted by Crippen LogP contribution is -2.26. The van der Waals surface area contributed by atoms with Crippen LogP contribution >= 0.6 is 0 Å².